The minimum atomic E-state index is -0.784. The number of imidazole rings is 1. The first-order chi connectivity index (χ1) is 8.47. The molecule has 1 atom stereocenters. The van der Waals surface area contributed by atoms with Gasteiger partial charge >= 0.3 is 5.97 Å². The van der Waals surface area contributed by atoms with E-state index in [-0.39, 0.29) is 12.5 Å². The molecule has 0 saturated heterocycles. The van der Waals surface area contributed by atoms with Gasteiger partial charge in [0.25, 0.3) is 0 Å². The van der Waals surface area contributed by atoms with Gasteiger partial charge in [-0.15, -0.1) is 0 Å². The molecule has 18 heavy (non-hydrogen) atoms. The van der Waals surface area contributed by atoms with Crippen LogP contribution in [-0.4, -0.2) is 34.1 Å². The number of aryl methyl sites for hydroxylation is 1. The van der Waals surface area contributed by atoms with E-state index in [9.17, 15) is 4.79 Å². The lowest BCUT2D eigenvalue weighted by Crippen LogP contribution is -2.30. The van der Waals surface area contributed by atoms with Crippen LogP contribution in [-0.2, 0) is 4.79 Å². The monoisotopic (exact) mass is 247 g/mol. The standard InChI is InChI=1S/C13H17N3O2/c1-8(6-13(17)18)16(3)10-4-5-11-12(7-10)15-9(2)14-11/h4-5,7-8H,6H2,1-3H3,(H,14,15)(H,17,18). The Kier molecular flexibility index (Phi) is 3.23. The van der Waals surface area contributed by atoms with Crippen LogP contribution in [0.25, 0.3) is 11.0 Å². The minimum Gasteiger partial charge on any atom is -0.481 e. The molecule has 0 aliphatic rings. The highest BCUT2D eigenvalue weighted by Crippen LogP contribution is 2.22. The lowest BCUT2D eigenvalue weighted by atomic mass is 10.2. The van der Waals surface area contributed by atoms with Gasteiger partial charge in [0.15, 0.2) is 0 Å². The summed E-state index contributed by atoms with van der Waals surface area (Å²) in [6, 6.07) is 5.84. The van der Waals surface area contributed by atoms with Gasteiger partial charge in [0.2, 0.25) is 0 Å². The SMILES string of the molecule is Cc1nc2ccc(N(C)C(C)CC(=O)O)cc2[nH]1. The van der Waals surface area contributed by atoms with Gasteiger partial charge in [-0.05, 0) is 32.0 Å². The minimum absolute atomic E-state index is 0.0519. The molecule has 1 unspecified atom stereocenters. The van der Waals surface area contributed by atoms with E-state index in [4.69, 9.17) is 5.11 Å². The Morgan fingerprint density at radius 2 is 2.28 bits per heavy atom. The van der Waals surface area contributed by atoms with Crippen LogP contribution in [0.1, 0.15) is 19.2 Å². The lowest BCUT2D eigenvalue weighted by molar-refractivity contribution is -0.137. The first kappa shape index (κ1) is 12.4. The second kappa shape index (κ2) is 4.68. The molecule has 0 saturated carbocycles. The Balaban J connectivity index is 2.26. The summed E-state index contributed by atoms with van der Waals surface area (Å²) in [5, 5.41) is 8.81. The molecule has 96 valence electrons. The summed E-state index contributed by atoms with van der Waals surface area (Å²) in [4.78, 5) is 20.2. The summed E-state index contributed by atoms with van der Waals surface area (Å²) in [6.07, 6.45) is 0.122. The third-order valence-electron chi connectivity index (χ3n) is 3.12. The highest BCUT2D eigenvalue weighted by Gasteiger charge is 2.14. The van der Waals surface area contributed by atoms with Crippen molar-refractivity contribution in [3.8, 4) is 0 Å². The number of aromatic nitrogens is 2. The first-order valence-corrected chi connectivity index (χ1v) is 5.88. The largest absolute Gasteiger partial charge is 0.481 e. The number of hydrogen-bond donors (Lipinski definition) is 2. The van der Waals surface area contributed by atoms with Crippen molar-refractivity contribution in [3.63, 3.8) is 0 Å². The van der Waals surface area contributed by atoms with E-state index >= 15 is 0 Å². The average molecular weight is 247 g/mol. The normalized spacial score (nSPS) is 12.6. The molecule has 1 heterocycles. The third-order valence-corrected chi connectivity index (χ3v) is 3.12. The van der Waals surface area contributed by atoms with Gasteiger partial charge in [-0.1, -0.05) is 0 Å². The van der Waals surface area contributed by atoms with Crippen molar-refractivity contribution in [2.75, 3.05) is 11.9 Å². The smallest absolute Gasteiger partial charge is 0.305 e. The van der Waals surface area contributed by atoms with Crippen molar-refractivity contribution in [2.45, 2.75) is 26.3 Å². The molecule has 1 aromatic carbocycles. The van der Waals surface area contributed by atoms with E-state index < -0.39 is 5.97 Å². The number of nitrogens with zero attached hydrogens (tertiary/aromatic N) is 2. The maximum absolute atomic E-state index is 10.7. The first-order valence-electron chi connectivity index (χ1n) is 5.88. The van der Waals surface area contributed by atoms with Crippen LogP contribution in [0.5, 0.6) is 0 Å². The number of fused-ring (bicyclic) bond motifs is 1. The zero-order valence-electron chi connectivity index (χ0n) is 10.8. The van der Waals surface area contributed by atoms with Gasteiger partial charge < -0.3 is 15.0 Å². The van der Waals surface area contributed by atoms with Crippen molar-refractivity contribution >= 4 is 22.7 Å². The molecule has 0 amide bonds. The van der Waals surface area contributed by atoms with Gasteiger partial charge in [-0.25, -0.2) is 4.98 Å². The van der Waals surface area contributed by atoms with Gasteiger partial charge in [0.1, 0.15) is 5.82 Å². The molecule has 0 fully saturated rings. The van der Waals surface area contributed by atoms with Gasteiger partial charge in [0.05, 0.1) is 17.5 Å². The molecule has 2 N–H and O–H groups in total. The fourth-order valence-electron chi connectivity index (χ4n) is 1.99. The highest BCUT2D eigenvalue weighted by atomic mass is 16.4. The zero-order chi connectivity index (χ0) is 13.3. The molecule has 0 bridgehead atoms. The van der Waals surface area contributed by atoms with E-state index in [1.54, 1.807) is 0 Å². The molecular formula is C13H17N3O2. The number of nitrogens with one attached hydrogen (secondary N) is 1. The summed E-state index contributed by atoms with van der Waals surface area (Å²) in [5.74, 6) is 0.0937. The maximum atomic E-state index is 10.7. The predicted octanol–water partition coefficient (Wildman–Crippen LogP) is 2.17. The Morgan fingerprint density at radius 3 is 2.94 bits per heavy atom. The quantitative estimate of drug-likeness (QED) is 0.868. The number of hydrogen-bond acceptors (Lipinski definition) is 3. The summed E-state index contributed by atoms with van der Waals surface area (Å²) in [6.45, 7) is 3.81. The van der Waals surface area contributed by atoms with Crippen molar-refractivity contribution in [3.05, 3.63) is 24.0 Å². The third kappa shape index (κ3) is 2.45. The van der Waals surface area contributed by atoms with E-state index in [1.807, 2.05) is 44.0 Å². The Hall–Kier alpha value is -2.04. The number of rotatable bonds is 4. The Bertz CT molecular complexity index is 577. The average Bonchev–Trinajstić information content (AvgIpc) is 2.65. The van der Waals surface area contributed by atoms with Crippen LogP contribution in [0.4, 0.5) is 5.69 Å². The topological polar surface area (TPSA) is 69.2 Å². The van der Waals surface area contributed by atoms with Crippen LogP contribution in [0.2, 0.25) is 0 Å². The Morgan fingerprint density at radius 1 is 1.56 bits per heavy atom. The van der Waals surface area contributed by atoms with Gasteiger partial charge in [0, 0.05) is 18.8 Å². The number of carboxylic acids is 1. The maximum Gasteiger partial charge on any atom is 0.305 e. The number of benzene rings is 1. The van der Waals surface area contributed by atoms with Crippen molar-refractivity contribution in [1.82, 2.24) is 9.97 Å². The molecule has 0 aliphatic heterocycles. The number of H-pyrrole nitrogens is 1. The summed E-state index contributed by atoms with van der Waals surface area (Å²) < 4.78 is 0. The van der Waals surface area contributed by atoms with Crippen molar-refractivity contribution < 1.29 is 9.90 Å². The van der Waals surface area contributed by atoms with Crippen LogP contribution in [0.3, 0.4) is 0 Å². The fraction of sp³-hybridized carbons (Fsp3) is 0.385. The second-order valence-electron chi connectivity index (χ2n) is 4.58. The van der Waals surface area contributed by atoms with E-state index in [2.05, 4.69) is 9.97 Å². The molecular weight excluding hydrogens is 230 g/mol. The van der Waals surface area contributed by atoms with Crippen LogP contribution in [0.15, 0.2) is 18.2 Å². The number of anilines is 1. The van der Waals surface area contributed by atoms with Crippen LogP contribution < -0.4 is 4.90 Å². The molecule has 5 nitrogen and oxygen atoms in total. The molecule has 2 rings (SSSR count). The zero-order valence-corrected chi connectivity index (χ0v) is 10.8. The number of carbonyl (C=O) groups is 1. The molecule has 0 aliphatic carbocycles. The highest BCUT2D eigenvalue weighted by molar-refractivity contribution is 5.80. The summed E-state index contributed by atoms with van der Waals surface area (Å²) >= 11 is 0. The molecule has 0 spiro atoms. The van der Waals surface area contributed by atoms with Crippen molar-refractivity contribution in [1.29, 1.82) is 0 Å². The van der Waals surface area contributed by atoms with E-state index in [1.165, 1.54) is 0 Å². The second-order valence-corrected chi connectivity index (χ2v) is 4.58. The van der Waals surface area contributed by atoms with Gasteiger partial charge in [-0.3, -0.25) is 4.79 Å². The number of carboxylic acid groups (broad SMARTS) is 1. The summed E-state index contributed by atoms with van der Waals surface area (Å²) in [5.41, 5.74) is 2.88. The predicted molar refractivity (Wildman–Crippen MR) is 70.9 cm³/mol. The fourth-order valence-corrected chi connectivity index (χ4v) is 1.99. The molecule has 0 radical (unpaired) electrons. The number of aliphatic carboxylic acids is 1. The lowest BCUT2D eigenvalue weighted by Gasteiger charge is -2.25. The van der Waals surface area contributed by atoms with Gasteiger partial charge in [-0.2, -0.15) is 0 Å². The summed E-state index contributed by atoms with van der Waals surface area (Å²) in [7, 11) is 1.90. The molecule has 2 aromatic rings. The molecule has 5 heteroatoms. The van der Waals surface area contributed by atoms with Crippen LogP contribution >= 0.6 is 0 Å². The van der Waals surface area contributed by atoms with Crippen molar-refractivity contribution in [2.24, 2.45) is 0 Å². The van der Waals surface area contributed by atoms with Crippen LogP contribution in [0, 0.1) is 6.92 Å². The number of aromatic amines is 1. The van der Waals surface area contributed by atoms with E-state index in [0.717, 1.165) is 22.5 Å². The molecule has 1 aromatic heterocycles. The Labute approximate surface area is 105 Å². The van der Waals surface area contributed by atoms with E-state index in [0.29, 0.717) is 0 Å².